The van der Waals surface area contributed by atoms with Gasteiger partial charge in [-0.1, -0.05) is 0 Å². The molecule has 2 N–H and O–H groups in total. The molecule has 0 aliphatic heterocycles. The molecule has 2 radical (unpaired) electrons. The normalized spacial score (nSPS) is 6.00. The maximum atomic E-state index is 9.01. The van der Waals surface area contributed by atoms with Gasteiger partial charge in [0.25, 0.3) is 0 Å². The quantitative estimate of drug-likeness (QED) is 0.368. The molecule has 0 saturated carbocycles. The molecule has 0 aromatic rings. The van der Waals surface area contributed by atoms with E-state index in [1.54, 1.807) is 0 Å². The van der Waals surface area contributed by atoms with Crippen LogP contribution in [0.25, 0.3) is 0 Å². The molecular formula is C6H10O6Pb. The summed E-state index contributed by atoms with van der Waals surface area (Å²) >= 11 is 0. The van der Waals surface area contributed by atoms with E-state index in [4.69, 9.17) is 30.0 Å². The van der Waals surface area contributed by atoms with Crippen LogP contribution in [0.4, 0.5) is 0 Å². The molecule has 0 amide bonds. The van der Waals surface area contributed by atoms with Crippen molar-refractivity contribution >= 4 is 39.2 Å². The van der Waals surface area contributed by atoms with Gasteiger partial charge in [-0.25, -0.2) is 0 Å². The van der Waals surface area contributed by atoms with E-state index >= 15 is 0 Å². The zero-order valence-electron chi connectivity index (χ0n) is 6.86. The average Bonchev–Trinajstić information content (AvgIpc) is 2.09. The average molecular weight is 385 g/mol. The number of aliphatic carboxylic acids is 2. The summed E-state index contributed by atoms with van der Waals surface area (Å²) in [6.45, 7) is 4.22. The molecule has 13 heavy (non-hydrogen) atoms. The molecule has 0 atom stereocenters. The van der Waals surface area contributed by atoms with Gasteiger partial charge < -0.3 is 30.0 Å². The van der Waals surface area contributed by atoms with Gasteiger partial charge in [0.2, 0.25) is 0 Å². The first-order chi connectivity index (χ1) is 5.54. The molecule has 0 bridgehead atoms. The predicted octanol–water partition coefficient (Wildman–Crippen LogP) is -4.12. The van der Waals surface area contributed by atoms with Crippen molar-refractivity contribution in [2.75, 3.05) is 13.2 Å². The molecule has 0 rings (SSSR count). The van der Waals surface area contributed by atoms with Crippen LogP contribution in [0.15, 0.2) is 13.2 Å². The molecule has 74 valence electrons. The van der Waals surface area contributed by atoms with E-state index in [1.807, 2.05) is 0 Å². The standard InChI is InChI=1S/2C2H4O3.C2H4.Pb/c2*3-1-2(4)5;1-2;/h2*3H,1H2,(H,4,5);1-2H2;/q;;;+2/p-2. The van der Waals surface area contributed by atoms with Crippen molar-refractivity contribution in [1.82, 2.24) is 0 Å². The second-order valence-electron chi connectivity index (χ2n) is 1.06. The molecule has 0 aliphatic carbocycles. The summed E-state index contributed by atoms with van der Waals surface area (Å²) < 4.78 is 0. The van der Waals surface area contributed by atoms with E-state index in [-0.39, 0.29) is 27.3 Å². The van der Waals surface area contributed by atoms with Crippen LogP contribution in [-0.2, 0) is 9.59 Å². The van der Waals surface area contributed by atoms with Crippen LogP contribution in [0.2, 0.25) is 0 Å². The first kappa shape index (κ1) is 22.9. The number of aliphatic hydroxyl groups is 2. The van der Waals surface area contributed by atoms with Gasteiger partial charge in [0.15, 0.2) is 0 Å². The summed E-state index contributed by atoms with van der Waals surface area (Å²) in [7, 11) is 0. The Morgan fingerprint density at radius 1 is 1.00 bits per heavy atom. The fourth-order valence-corrected chi connectivity index (χ4v) is 0. The van der Waals surface area contributed by atoms with Gasteiger partial charge in [-0.05, 0) is 0 Å². The minimum atomic E-state index is -1.44. The first-order valence-corrected chi connectivity index (χ1v) is 2.66. The van der Waals surface area contributed by atoms with Crippen LogP contribution in [0.1, 0.15) is 0 Å². The fraction of sp³-hybridized carbons (Fsp3) is 0.333. The topological polar surface area (TPSA) is 121 Å². The Morgan fingerprint density at radius 2 is 1.08 bits per heavy atom. The SMILES string of the molecule is C=C.O=C([O-])CO.O=C([O-])CO.[Pb+2]. The Balaban J connectivity index is -0.0000000491. The van der Waals surface area contributed by atoms with Crippen LogP contribution < -0.4 is 10.2 Å². The van der Waals surface area contributed by atoms with E-state index in [2.05, 4.69) is 13.2 Å². The third kappa shape index (κ3) is 84.2. The number of hydrogen-bond donors (Lipinski definition) is 2. The molecule has 0 aliphatic rings. The van der Waals surface area contributed by atoms with Crippen molar-refractivity contribution in [2.24, 2.45) is 0 Å². The second-order valence-corrected chi connectivity index (χ2v) is 1.06. The monoisotopic (exact) mass is 386 g/mol. The number of rotatable bonds is 2. The smallest absolute Gasteiger partial charge is 0.548 e. The minimum absolute atomic E-state index is 0. The number of carboxylic acid groups (broad SMARTS) is 2. The van der Waals surface area contributed by atoms with Crippen LogP contribution in [0.3, 0.4) is 0 Å². The van der Waals surface area contributed by atoms with E-state index in [0.717, 1.165) is 0 Å². The molecule has 0 saturated heterocycles. The van der Waals surface area contributed by atoms with Gasteiger partial charge in [-0.2, -0.15) is 0 Å². The van der Waals surface area contributed by atoms with Gasteiger partial charge in [-0.15, -0.1) is 13.2 Å². The van der Waals surface area contributed by atoms with Crippen molar-refractivity contribution in [1.29, 1.82) is 0 Å². The van der Waals surface area contributed by atoms with Crippen LogP contribution in [0, 0.1) is 0 Å². The molecule has 6 nitrogen and oxygen atoms in total. The number of hydrogen-bond acceptors (Lipinski definition) is 6. The predicted molar refractivity (Wildman–Crippen MR) is 41.2 cm³/mol. The van der Waals surface area contributed by atoms with Gasteiger partial charge in [0.05, 0.1) is 25.2 Å². The van der Waals surface area contributed by atoms with E-state index in [0.29, 0.717) is 0 Å². The molecule has 0 aromatic heterocycles. The van der Waals surface area contributed by atoms with Crippen molar-refractivity contribution in [3.8, 4) is 0 Å². The number of carboxylic acids is 2. The van der Waals surface area contributed by atoms with Crippen molar-refractivity contribution in [3.63, 3.8) is 0 Å². The third-order valence-electron chi connectivity index (χ3n) is 0.258. The van der Waals surface area contributed by atoms with Crippen LogP contribution in [-0.4, -0.2) is 62.7 Å². The fourth-order valence-electron chi connectivity index (χ4n) is 0. The van der Waals surface area contributed by atoms with Gasteiger partial charge in [0.1, 0.15) is 0 Å². The summed E-state index contributed by atoms with van der Waals surface area (Å²) in [4.78, 5) is 18.0. The molecule has 7 heteroatoms. The zero-order valence-corrected chi connectivity index (χ0v) is 10.7. The summed E-state index contributed by atoms with van der Waals surface area (Å²) in [6.07, 6.45) is 0. The molecular weight excluding hydrogens is 375 g/mol. The molecule has 0 spiro atoms. The van der Waals surface area contributed by atoms with E-state index in [1.165, 1.54) is 0 Å². The molecule has 0 heterocycles. The van der Waals surface area contributed by atoms with E-state index < -0.39 is 25.2 Å². The Bertz CT molecular complexity index is 112. The minimum Gasteiger partial charge on any atom is -0.548 e. The largest absolute Gasteiger partial charge is 2.00 e. The van der Waals surface area contributed by atoms with Crippen molar-refractivity contribution in [2.45, 2.75) is 0 Å². The summed E-state index contributed by atoms with van der Waals surface area (Å²) in [5.74, 6) is -2.88. The maximum Gasteiger partial charge on any atom is 2.00 e. The zero-order chi connectivity index (χ0) is 10.6. The number of aliphatic hydroxyl groups excluding tert-OH is 2. The Morgan fingerprint density at radius 3 is 1.08 bits per heavy atom. The Kier molecular flexibility index (Phi) is 39.7. The summed E-state index contributed by atoms with van der Waals surface area (Å²) in [5, 5.41) is 33.0. The number of carbonyl (C=O) groups is 2. The molecule has 0 unspecified atom stereocenters. The van der Waals surface area contributed by atoms with Gasteiger partial charge >= 0.3 is 27.3 Å². The van der Waals surface area contributed by atoms with Gasteiger partial charge in [-0.3, -0.25) is 0 Å². The van der Waals surface area contributed by atoms with Gasteiger partial charge in [0, 0.05) is 0 Å². The summed E-state index contributed by atoms with van der Waals surface area (Å²) in [6, 6.07) is 0. The van der Waals surface area contributed by atoms with Crippen molar-refractivity contribution in [3.05, 3.63) is 13.2 Å². The Hall–Kier alpha value is -0.478. The number of carbonyl (C=O) groups excluding carboxylic acids is 2. The third-order valence-corrected chi connectivity index (χ3v) is 0.258. The molecule has 0 aromatic carbocycles. The second kappa shape index (κ2) is 22.5. The van der Waals surface area contributed by atoms with Crippen LogP contribution >= 0.6 is 0 Å². The Labute approximate surface area is 95.7 Å². The van der Waals surface area contributed by atoms with E-state index in [9.17, 15) is 0 Å². The summed E-state index contributed by atoms with van der Waals surface area (Å²) in [5.41, 5.74) is 0. The molecule has 0 fully saturated rings. The first-order valence-electron chi connectivity index (χ1n) is 2.66. The van der Waals surface area contributed by atoms with Crippen LogP contribution in [0.5, 0.6) is 0 Å². The van der Waals surface area contributed by atoms with Crippen molar-refractivity contribution < 1.29 is 30.0 Å². The maximum absolute atomic E-state index is 9.01.